The van der Waals surface area contributed by atoms with Gasteiger partial charge in [-0.2, -0.15) is 0 Å². The molecule has 0 saturated heterocycles. The van der Waals surface area contributed by atoms with E-state index in [9.17, 15) is 0 Å². The van der Waals surface area contributed by atoms with Crippen molar-refractivity contribution in [3.05, 3.63) is 54.8 Å². The Bertz CT molecular complexity index is 444. The van der Waals surface area contributed by atoms with Crippen LogP contribution in [0.5, 0.6) is 0 Å². The second-order valence-corrected chi connectivity index (χ2v) is 5.41. The molecule has 0 aliphatic carbocycles. The van der Waals surface area contributed by atoms with Crippen LogP contribution in [0.2, 0.25) is 0 Å². The molecule has 1 aliphatic heterocycles. The number of rotatable bonds is 6. The molecular formula is C15H19NOS. The first kappa shape index (κ1) is 13.2. The molecule has 3 heteroatoms. The average molecular weight is 261 g/mol. The Morgan fingerprint density at radius 1 is 1.50 bits per heavy atom. The van der Waals surface area contributed by atoms with Crippen molar-refractivity contribution in [3.8, 4) is 0 Å². The molecule has 1 aromatic rings. The Balaban J connectivity index is 2.14. The lowest BCUT2D eigenvalue weighted by Gasteiger charge is -2.19. The maximum absolute atomic E-state index is 5.07. The average Bonchev–Trinajstić information content (AvgIpc) is 2.75. The van der Waals surface area contributed by atoms with Crippen LogP contribution in [-0.2, 0) is 11.3 Å². The third-order valence-electron chi connectivity index (χ3n) is 3.16. The third kappa shape index (κ3) is 2.62. The summed E-state index contributed by atoms with van der Waals surface area (Å²) in [7, 11) is 1.74. The molecule has 0 radical (unpaired) electrons. The summed E-state index contributed by atoms with van der Waals surface area (Å²) in [5.74, 6) is 0.991. The SMILES string of the molecule is C=CC1c2ccc(SCCOC)cc2CN1C=C. The normalized spacial score (nSPS) is 17.6. The number of fused-ring (bicyclic) bond motifs is 1. The number of thioether (sulfide) groups is 1. The van der Waals surface area contributed by atoms with Gasteiger partial charge in [0, 0.05) is 24.3 Å². The lowest BCUT2D eigenvalue weighted by atomic mass is 10.1. The van der Waals surface area contributed by atoms with Gasteiger partial charge >= 0.3 is 0 Å². The van der Waals surface area contributed by atoms with Crippen LogP contribution in [0.3, 0.4) is 0 Å². The Labute approximate surface area is 113 Å². The van der Waals surface area contributed by atoms with Crippen molar-refractivity contribution in [2.24, 2.45) is 0 Å². The molecule has 1 unspecified atom stereocenters. The van der Waals surface area contributed by atoms with Crippen LogP contribution in [0.4, 0.5) is 0 Å². The van der Waals surface area contributed by atoms with E-state index in [1.54, 1.807) is 7.11 Å². The molecule has 96 valence electrons. The highest BCUT2D eigenvalue weighted by Gasteiger charge is 2.25. The van der Waals surface area contributed by atoms with Crippen molar-refractivity contribution in [2.45, 2.75) is 17.5 Å². The predicted molar refractivity (Wildman–Crippen MR) is 77.7 cm³/mol. The standard InChI is InChI=1S/C15H19NOS/c1-4-15-14-7-6-13(18-9-8-17-3)10-12(14)11-16(15)5-2/h4-7,10,15H,1-2,8-9,11H2,3H3. The topological polar surface area (TPSA) is 12.5 Å². The smallest absolute Gasteiger partial charge is 0.0725 e. The minimum absolute atomic E-state index is 0.274. The largest absolute Gasteiger partial charge is 0.384 e. The summed E-state index contributed by atoms with van der Waals surface area (Å²) < 4.78 is 5.07. The van der Waals surface area contributed by atoms with Gasteiger partial charge in [-0.3, -0.25) is 0 Å². The van der Waals surface area contributed by atoms with E-state index in [4.69, 9.17) is 4.74 Å². The number of nitrogens with zero attached hydrogens (tertiary/aromatic N) is 1. The van der Waals surface area contributed by atoms with Crippen LogP contribution in [0.25, 0.3) is 0 Å². The van der Waals surface area contributed by atoms with E-state index in [2.05, 4.69) is 36.3 Å². The fourth-order valence-electron chi connectivity index (χ4n) is 2.25. The van der Waals surface area contributed by atoms with Crippen LogP contribution < -0.4 is 0 Å². The van der Waals surface area contributed by atoms with E-state index >= 15 is 0 Å². The van der Waals surface area contributed by atoms with Crippen LogP contribution in [-0.4, -0.2) is 24.4 Å². The number of hydrogen-bond donors (Lipinski definition) is 0. The zero-order valence-corrected chi connectivity index (χ0v) is 11.6. The van der Waals surface area contributed by atoms with Crippen molar-refractivity contribution in [3.63, 3.8) is 0 Å². The second-order valence-electron chi connectivity index (χ2n) is 4.24. The van der Waals surface area contributed by atoms with Gasteiger partial charge in [-0.1, -0.05) is 18.7 Å². The molecule has 18 heavy (non-hydrogen) atoms. The Kier molecular flexibility index (Phi) is 4.50. The monoisotopic (exact) mass is 261 g/mol. The number of benzene rings is 1. The van der Waals surface area contributed by atoms with Crippen molar-refractivity contribution >= 4 is 11.8 Å². The molecule has 1 heterocycles. The molecular weight excluding hydrogens is 242 g/mol. The Morgan fingerprint density at radius 2 is 2.33 bits per heavy atom. The fraction of sp³-hybridized carbons (Fsp3) is 0.333. The van der Waals surface area contributed by atoms with Crippen LogP contribution in [0.15, 0.2) is 48.5 Å². The zero-order valence-electron chi connectivity index (χ0n) is 10.8. The molecule has 0 N–H and O–H groups in total. The van der Waals surface area contributed by atoms with E-state index in [0.717, 1.165) is 18.9 Å². The molecule has 0 bridgehead atoms. The van der Waals surface area contributed by atoms with Crippen molar-refractivity contribution < 1.29 is 4.74 Å². The highest BCUT2D eigenvalue weighted by atomic mass is 32.2. The fourth-order valence-corrected chi connectivity index (χ4v) is 3.13. The highest BCUT2D eigenvalue weighted by molar-refractivity contribution is 7.99. The van der Waals surface area contributed by atoms with Gasteiger partial charge in [-0.15, -0.1) is 18.3 Å². The molecule has 0 fully saturated rings. The van der Waals surface area contributed by atoms with Gasteiger partial charge in [0.25, 0.3) is 0 Å². The first-order valence-corrected chi connectivity index (χ1v) is 7.04. The maximum atomic E-state index is 5.07. The van der Waals surface area contributed by atoms with E-state index in [1.807, 2.05) is 24.0 Å². The third-order valence-corrected chi connectivity index (χ3v) is 4.12. The van der Waals surface area contributed by atoms with Crippen LogP contribution >= 0.6 is 11.8 Å². The van der Waals surface area contributed by atoms with Gasteiger partial charge in [0.1, 0.15) is 0 Å². The highest BCUT2D eigenvalue weighted by Crippen LogP contribution is 2.36. The molecule has 0 amide bonds. The molecule has 1 aromatic carbocycles. The minimum Gasteiger partial charge on any atom is -0.384 e. The zero-order chi connectivity index (χ0) is 13.0. The molecule has 1 atom stereocenters. The summed E-state index contributed by atoms with van der Waals surface area (Å²) >= 11 is 1.83. The summed E-state index contributed by atoms with van der Waals surface area (Å²) in [6.45, 7) is 9.49. The predicted octanol–water partition coefficient (Wildman–Crippen LogP) is 3.61. The molecule has 0 saturated carbocycles. The summed E-state index contributed by atoms with van der Waals surface area (Å²) in [5.41, 5.74) is 2.73. The van der Waals surface area contributed by atoms with Gasteiger partial charge in [-0.05, 0) is 29.5 Å². The summed E-state index contributed by atoms with van der Waals surface area (Å²) in [4.78, 5) is 3.51. The number of hydrogen-bond acceptors (Lipinski definition) is 3. The maximum Gasteiger partial charge on any atom is 0.0725 e. The quantitative estimate of drug-likeness (QED) is 0.441. The van der Waals surface area contributed by atoms with Gasteiger partial charge in [0.15, 0.2) is 0 Å². The van der Waals surface area contributed by atoms with Gasteiger partial charge in [0.2, 0.25) is 0 Å². The summed E-state index contributed by atoms with van der Waals surface area (Å²) in [6.07, 6.45) is 3.87. The molecule has 2 rings (SSSR count). The van der Waals surface area contributed by atoms with Crippen molar-refractivity contribution in [2.75, 3.05) is 19.5 Å². The molecule has 1 aliphatic rings. The summed E-state index contributed by atoms with van der Waals surface area (Å²) in [6, 6.07) is 6.94. The van der Waals surface area contributed by atoms with Crippen LogP contribution in [0.1, 0.15) is 17.2 Å². The van der Waals surface area contributed by atoms with E-state index in [-0.39, 0.29) is 6.04 Å². The Hall–Kier alpha value is -1.19. The van der Waals surface area contributed by atoms with Crippen LogP contribution in [0, 0.1) is 0 Å². The lowest BCUT2D eigenvalue weighted by Crippen LogP contribution is -2.12. The summed E-state index contributed by atoms with van der Waals surface area (Å²) in [5, 5.41) is 0. The molecule has 2 nitrogen and oxygen atoms in total. The van der Waals surface area contributed by atoms with E-state index < -0.39 is 0 Å². The minimum atomic E-state index is 0.274. The van der Waals surface area contributed by atoms with E-state index in [1.165, 1.54) is 16.0 Å². The first-order valence-electron chi connectivity index (χ1n) is 6.05. The van der Waals surface area contributed by atoms with E-state index in [0.29, 0.717) is 0 Å². The molecule has 0 aromatic heterocycles. The second kappa shape index (κ2) is 6.12. The number of ether oxygens (including phenoxy) is 1. The Morgan fingerprint density at radius 3 is 3.00 bits per heavy atom. The van der Waals surface area contributed by atoms with Crippen molar-refractivity contribution in [1.82, 2.24) is 4.90 Å². The number of methoxy groups -OCH3 is 1. The first-order chi connectivity index (χ1) is 8.80. The van der Waals surface area contributed by atoms with Crippen molar-refractivity contribution in [1.29, 1.82) is 0 Å². The molecule has 0 spiro atoms. The van der Waals surface area contributed by atoms with Gasteiger partial charge < -0.3 is 9.64 Å². The van der Waals surface area contributed by atoms with Gasteiger partial charge in [0.05, 0.1) is 12.6 Å². The lowest BCUT2D eigenvalue weighted by molar-refractivity contribution is 0.218. The van der Waals surface area contributed by atoms with Gasteiger partial charge in [-0.25, -0.2) is 0 Å².